The van der Waals surface area contributed by atoms with Gasteiger partial charge >= 0.3 is 5.97 Å². The van der Waals surface area contributed by atoms with E-state index in [2.05, 4.69) is 0 Å². The van der Waals surface area contributed by atoms with Gasteiger partial charge in [-0.25, -0.2) is 12.8 Å². The minimum Gasteiger partial charge on any atom is -0.480 e. The minimum atomic E-state index is -3.45. The van der Waals surface area contributed by atoms with Crippen LogP contribution in [0.25, 0.3) is 0 Å². The predicted molar refractivity (Wildman–Crippen MR) is 75.3 cm³/mol. The van der Waals surface area contributed by atoms with Crippen molar-refractivity contribution < 1.29 is 22.7 Å². The molecule has 1 N–H and O–H groups in total. The van der Waals surface area contributed by atoms with Gasteiger partial charge in [-0.1, -0.05) is 0 Å². The van der Waals surface area contributed by atoms with Crippen molar-refractivity contribution in [2.24, 2.45) is 0 Å². The summed E-state index contributed by atoms with van der Waals surface area (Å²) in [6, 6.07) is 4.24. The number of carbonyl (C=O) groups is 1. The lowest BCUT2D eigenvalue weighted by Crippen LogP contribution is -2.37. The van der Waals surface area contributed by atoms with Crippen LogP contribution in [-0.2, 0) is 14.6 Å². The molecule has 1 aromatic carbocycles. The second-order valence-electron chi connectivity index (χ2n) is 5.16. The average molecular weight is 315 g/mol. The van der Waals surface area contributed by atoms with Gasteiger partial charge in [0.15, 0.2) is 9.84 Å². The molecule has 0 unspecified atom stereocenters. The van der Waals surface area contributed by atoms with Crippen LogP contribution in [0.15, 0.2) is 29.2 Å². The number of hydrogen-bond acceptors (Lipinski definition) is 4. The highest BCUT2D eigenvalue weighted by Crippen LogP contribution is 2.18. The first kappa shape index (κ1) is 15.9. The lowest BCUT2D eigenvalue weighted by Gasteiger charge is -2.20. The molecule has 0 saturated carbocycles. The van der Waals surface area contributed by atoms with E-state index in [0.29, 0.717) is 25.9 Å². The third-order valence-corrected chi connectivity index (χ3v) is 5.50. The van der Waals surface area contributed by atoms with Gasteiger partial charge in [0.05, 0.1) is 10.6 Å². The van der Waals surface area contributed by atoms with Crippen molar-refractivity contribution in [1.82, 2.24) is 4.90 Å². The van der Waals surface area contributed by atoms with Crippen molar-refractivity contribution in [1.29, 1.82) is 0 Å². The first-order valence-corrected chi connectivity index (χ1v) is 8.50. The fraction of sp³-hybridized carbons (Fsp3) is 0.500. The summed E-state index contributed by atoms with van der Waals surface area (Å²) in [6.45, 7) is 1.13. The van der Waals surface area contributed by atoms with Gasteiger partial charge in [0.25, 0.3) is 0 Å². The van der Waals surface area contributed by atoms with E-state index in [0.717, 1.165) is 18.6 Å². The maximum Gasteiger partial charge on any atom is 0.320 e. The number of benzene rings is 1. The molecule has 0 aromatic heterocycles. The summed E-state index contributed by atoms with van der Waals surface area (Å²) in [5.74, 6) is -1.40. The summed E-state index contributed by atoms with van der Waals surface area (Å²) in [6.07, 6.45) is 1.80. The van der Waals surface area contributed by atoms with Crippen LogP contribution in [0.2, 0.25) is 0 Å². The Balaban J connectivity index is 1.90. The summed E-state index contributed by atoms with van der Waals surface area (Å²) in [7, 11) is -3.45. The molecule has 0 aliphatic carbocycles. The number of carboxylic acid groups (broad SMARTS) is 1. The highest BCUT2D eigenvalue weighted by atomic mass is 32.2. The first-order chi connectivity index (χ1) is 9.90. The van der Waals surface area contributed by atoms with Crippen LogP contribution in [-0.4, -0.2) is 49.3 Å². The fourth-order valence-electron chi connectivity index (χ4n) is 2.59. The van der Waals surface area contributed by atoms with Gasteiger partial charge in [0, 0.05) is 0 Å². The number of halogens is 1. The molecule has 116 valence electrons. The topological polar surface area (TPSA) is 74.7 Å². The number of carboxylic acids is 1. The van der Waals surface area contributed by atoms with Crippen molar-refractivity contribution in [3.05, 3.63) is 30.1 Å². The number of sulfone groups is 1. The molecule has 1 aliphatic rings. The number of nitrogens with zero attached hydrogens (tertiary/aromatic N) is 1. The standard InChI is InChI=1S/C14H18FNO4S/c15-11-4-6-12(7-5-11)21(19,20)10-2-9-16-8-1-3-13(16)14(17)18/h4-7,13H,1-3,8-10H2,(H,17,18)/t13-/m0/s1. The zero-order chi connectivity index (χ0) is 15.5. The lowest BCUT2D eigenvalue weighted by atomic mass is 10.2. The van der Waals surface area contributed by atoms with E-state index < -0.39 is 27.7 Å². The first-order valence-electron chi connectivity index (χ1n) is 6.85. The monoisotopic (exact) mass is 315 g/mol. The molecule has 0 spiro atoms. The largest absolute Gasteiger partial charge is 0.480 e. The molecular formula is C14H18FNO4S. The zero-order valence-corrected chi connectivity index (χ0v) is 12.4. The zero-order valence-electron chi connectivity index (χ0n) is 11.5. The van der Waals surface area contributed by atoms with Gasteiger partial charge in [-0.15, -0.1) is 0 Å². The van der Waals surface area contributed by atoms with Crippen LogP contribution in [0.4, 0.5) is 4.39 Å². The van der Waals surface area contributed by atoms with E-state index in [1.807, 2.05) is 4.90 Å². The van der Waals surface area contributed by atoms with Gasteiger partial charge in [-0.3, -0.25) is 9.69 Å². The summed E-state index contributed by atoms with van der Waals surface area (Å²) < 4.78 is 36.9. The minimum absolute atomic E-state index is 0.0680. The van der Waals surface area contributed by atoms with Gasteiger partial charge in [-0.05, 0) is 56.6 Å². The van der Waals surface area contributed by atoms with Crippen LogP contribution in [0.5, 0.6) is 0 Å². The van der Waals surface area contributed by atoms with Crippen molar-refractivity contribution in [3.8, 4) is 0 Å². The van der Waals surface area contributed by atoms with E-state index in [1.54, 1.807) is 0 Å². The quantitative estimate of drug-likeness (QED) is 0.806. The van der Waals surface area contributed by atoms with Crippen LogP contribution in [0.1, 0.15) is 19.3 Å². The van der Waals surface area contributed by atoms with Gasteiger partial charge in [-0.2, -0.15) is 0 Å². The number of hydrogen-bond donors (Lipinski definition) is 1. The average Bonchev–Trinajstić information content (AvgIpc) is 2.87. The van der Waals surface area contributed by atoms with Crippen LogP contribution in [0.3, 0.4) is 0 Å². The Labute approximate surface area is 123 Å². The molecule has 0 radical (unpaired) electrons. The SMILES string of the molecule is O=C(O)[C@@H]1CCCN1CCCS(=O)(=O)c1ccc(F)cc1. The molecule has 0 bridgehead atoms. The van der Waals surface area contributed by atoms with E-state index in [9.17, 15) is 17.6 Å². The molecule has 1 atom stereocenters. The van der Waals surface area contributed by atoms with Gasteiger partial charge in [0.2, 0.25) is 0 Å². The van der Waals surface area contributed by atoms with Crippen molar-refractivity contribution in [3.63, 3.8) is 0 Å². The predicted octanol–water partition coefficient (Wildman–Crippen LogP) is 1.54. The third-order valence-electron chi connectivity index (χ3n) is 3.68. The summed E-state index contributed by atoms with van der Waals surface area (Å²) in [5, 5.41) is 9.05. The summed E-state index contributed by atoms with van der Waals surface area (Å²) in [5.41, 5.74) is 0. The van der Waals surface area contributed by atoms with Crippen molar-refractivity contribution in [2.75, 3.05) is 18.8 Å². The third kappa shape index (κ3) is 4.01. The summed E-state index contributed by atoms with van der Waals surface area (Å²) in [4.78, 5) is 12.9. The summed E-state index contributed by atoms with van der Waals surface area (Å²) >= 11 is 0. The van der Waals surface area contributed by atoms with E-state index >= 15 is 0 Å². The lowest BCUT2D eigenvalue weighted by molar-refractivity contribution is -0.142. The Kier molecular flexibility index (Phi) is 4.95. The highest BCUT2D eigenvalue weighted by molar-refractivity contribution is 7.91. The maximum absolute atomic E-state index is 12.8. The number of rotatable bonds is 6. The second kappa shape index (κ2) is 6.53. The van der Waals surface area contributed by atoms with Crippen LogP contribution in [0, 0.1) is 5.82 Å². The second-order valence-corrected chi connectivity index (χ2v) is 7.27. The van der Waals surface area contributed by atoms with Gasteiger partial charge in [0.1, 0.15) is 11.9 Å². The molecule has 1 aliphatic heterocycles. The fourth-order valence-corrected chi connectivity index (χ4v) is 3.89. The van der Waals surface area contributed by atoms with Crippen LogP contribution < -0.4 is 0 Å². The van der Waals surface area contributed by atoms with Gasteiger partial charge < -0.3 is 5.11 Å². The molecular weight excluding hydrogens is 297 g/mol. The molecule has 1 saturated heterocycles. The Morgan fingerprint density at radius 1 is 1.33 bits per heavy atom. The Morgan fingerprint density at radius 3 is 2.62 bits per heavy atom. The molecule has 7 heteroatoms. The normalized spacial score (nSPS) is 19.8. The number of likely N-dealkylation sites (tertiary alicyclic amines) is 1. The van der Waals surface area contributed by atoms with E-state index in [1.165, 1.54) is 12.1 Å². The smallest absolute Gasteiger partial charge is 0.320 e. The van der Waals surface area contributed by atoms with Crippen molar-refractivity contribution >= 4 is 15.8 Å². The van der Waals surface area contributed by atoms with Crippen molar-refractivity contribution in [2.45, 2.75) is 30.2 Å². The Morgan fingerprint density at radius 2 is 2.00 bits per heavy atom. The maximum atomic E-state index is 12.8. The highest BCUT2D eigenvalue weighted by Gasteiger charge is 2.30. The number of aliphatic carboxylic acids is 1. The molecule has 5 nitrogen and oxygen atoms in total. The molecule has 21 heavy (non-hydrogen) atoms. The molecule has 1 fully saturated rings. The Hall–Kier alpha value is -1.47. The van der Waals surface area contributed by atoms with E-state index in [-0.39, 0.29) is 10.6 Å². The molecule has 1 aromatic rings. The van der Waals surface area contributed by atoms with E-state index in [4.69, 9.17) is 5.11 Å². The molecule has 0 amide bonds. The molecule has 2 rings (SSSR count). The molecule has 1 heterocycles. The van der Waals surface area contributed by atoms with Crippen LogP contribution >= 0.6 is 0 Å². The Bertz CT molecular complexity index is 600.